The number of hydrogen-bond acceptors (Lipinski definition) is 6. The Morgan fingerprint density at radius 3 is 2.50 bits per heavy atom. The van der Waals surface area contributed by atoms with E-state index in [2.05, 4.69) is 14.9 Å². The Morgan fingerprint density at radius 1 is 1.25 bits per heavy atom. The molecule has 1 saturated carbocycles. The standard InChI is InChI=1S/C8H14N4O2S2/c9-7-10-11-8(15-7)16(13,14)12-6-4-2-1-3-5-6/h6,12H,1-5H2,(H2,9,10). The highest BCUT2D eigenvalue weighted by molar-refractivity contribution is 7.91. The second-order valence-electron chi connectivity index (χ2n) is 3.86. The maximum absolute atomic E-state index is 11.9. The molecule has 0 aliphatic heterocycles. The minimum atomic E-state index is -3.52. The van der Waals surface area contributed by atoms with Crippen LogP contribution in [0.25, 0.3) is 0 Å². The largest absolute Gasteiger partial charge is 0.374 e. The first-order valence-electron chi connectivity index (χ1n) is 5.19. The summed E-state index contributed by atoms with van der Waals surface area (Å²) in [4.78, 5) is 0. The Balaban J connectivity index is 2.07. The molecular formula is C8H14N4O2S2. The van der Waals surface area contributed by atoms with Crippen molar-refractivity contribution in [3.8, 4) is 0 Å². The average molecular weight is 262 g/mol. The van der Waals surface area contributed by atoms with Crippen molar-refractivity contribution in [2.75, 3.05) is 5.73 Å². The summed E-state index contributed by atoms with van der Waals surface area (Å²) in [6.45, 7) is 0. The molecule has 1 aliphatic carbocycles. The lowest BCUT2D eigenvalue weighted by Gasteiger charge is -2.21. The summed E-state index contributed by atoms with van der Waals surface area (Å²) in [6, 6.07) is 0.0314. The Morgan fingerprint density at radius 2 is 1.94 bits per heavy atom. The predicted molar refractivity (Wildman–Crippen MR) is 61.5 cm³/mol. The third-order valence-electron chi connectivity index (χ3n) is 2.58. The molecule has 16 heavy (non-hydrogen) atoms. The molecule has 1 aromatic heterocycles. The summed E-state index contributed by atoms with van der Waals surface area (Å²) >= 11 is 0.888. The number of sulfonamides is 1. The summed E-state index contributed by atoms with van der Waals surface area (Å²) < 4.78 is 26.3. The molecule has 1 fully saturated rings. The van der Waals surface area contributed by atoms with Crippen LogP contribution in [0.4, 0.5) is 5.13 Å². The monoisotopic (exact) mass is 262 g/mol. The number of rotatable bonds is 3. The van der Waals surface area contributed by atoms with Gasteiger partial charge in [0.2, 0.25) is 9.47 Å². The number of nitrogen functional groups attached to an aromatic ring is 1. The molecule has 8 heteroatoms. The summed E-state index contributed by atoms with van der Waals surface area (Å²) in [5.74, 6) is 0. The van der Waals surface area contributed by atoms with Gasteiger partial charge in [0.15, 0.2) is 0 Å². The number of hydrogen-bond donors (Lipinski definition) is 2. The van der Waals surface area contributed by atoms with Crippen molar-refractivity contribution in [1.29, 1.82) is 0 Å². The number of nitrogens with one attached hydrogen (secondary N) is 1. The molecule has 1 heterocycles. The van der Waals surface area contributed by atoms with Crippen molar-refractivity contribution in [2.24, 2.45) is 0 Å². The molecule has 0 aromatic carbocycles. The van der Waals surface area contributed by atoms with Crippen molar-refractivity contribution in [2.45, 2.75) is 42.5 Å². The highest BCUT2D eigenvalue weighted by Crippen LogP contribution is 2.21. The zero-order valence-corrected chi connectivity index (χ0v) is 10.4. The Hall–Kier alpha value is -0.730. The van der Waals surface area contributed by atoms with E-state index < -0.39 is 10.0 Å². The van der Waals surface area contributed by atoms with E-state index in [4.69, 9.17) is 5.73 Å². The molecule has 0 spiro atoms. The van der Waals surface area contributed by atoms with Gasteiger partial charge in [-0.1, -0.05) is 30.6 Å². The van der Waals surface area contributed by atoms with Crippen molar-refractivity contribution < 1.29 is 8.42 Å². The molecule has 0 bridgehead atoms. The van der Waals surface area contributed by atoms with Crippen LogP contribution in [0.3, 0.4) is 0 Å². The van der Waals surface area contributed by atoms with Crippen LogP contribution in [0, 0.1) is 0 Å². The van der Waals surface area contributed by atoms with Crippen LogP contribution in [-0.2, 0) is 10.0 Å². The summed E-state index contributed by atoms with van der Waals surface area (Å²) in [6.07, 6.45) is 5.13. The van der Waals surface area contributed by atoms with E-state index in [1.807, 2.05) is 0 Å². The molecule has 0 radical (unpaired) electrons. The SMILES string of the molecule is Nc1nnc(S(=O)(=O)NC2CCCCC2)s1. The van der Waals surface area contributed by atoms with E-state index >= 15 is 0 Å². The molecule has 3 N–H and O–H groups in total. The maximum atomic E-state index is 11.9. The average Bonchev–Trinajstić information content (AvgIpc) is 2.66. The Bertz CT molecular complexity index is 450. The number of nitrogens with two attached hydrogens (primary N) is 1. The number of anilines is 1. The van der Waals surface area contributed by atoms with Crippen LogP contribution in [0.2, 0.25) is 0 Å². The Kier molecular flexibility index (Phi) is 3.41. The van der Waals surface area contributed by atoms with Gasteiger partial charge in [0.1, 0.15) is 0 Å². The van der Waals surface area contributed by atoms with E-state index in [0.717, 1.165) is 37.0 Å². The third kappa shape index (κ3) is 2.69. The molecule has 0 saturated heterocycles. The molecule has 6 nitrogen and oxygen atoms in total. The van der Waals surface area contributed by atoms with E-state index in [-0.39, 0.29) is 15.5 Å². The van der Waals surface area contributed by atoms with E-state index in [0.29, 0.717) is 0 Å². The molecule has 2 rings (SSSR count). The van der Waals surface area contributed by atoms with Gasteiger partial charge in [-0.15, -0.1) is 10.2 Å². The first-order valence-corrected chi connectivity index (χ1v) is 7.49. The van der Waals surface area contributed by atoms with Gasteiger partial charge in [-0.2, -0.15) is 0 Å². The topological polar surface area (TPSA) is 98.0 Å². The second kappa shape index (κ2) is 4.64. The zero-order valence-electron chi connectivity index (χ0n) is 8.72. The summed E-state index contributed by atoms with van der Waals surface area (Å²) in [7, 11) is -3.52. The van der Waals surface area contributed by atoms with Gasteiger partial charge in [0.05, 0.1) is 0 Å². The fraction of sp³-hybridized carbons (Fsp3) is 0.750. The lowest BCUT2D eigenvalue weighted by molar-refractivity contribution is 0.412. The fourth-order valence-corrected chi connectivity index (χ4v) is 3.92. The quantitative estimate of drug-likeness (QED) is 0.837. The van der Waals surface area contributed by atoms with Crippen LogP contribution in [-0.4, -0.2) is 24.7 Å². The molecule has 0 unspecified atom stereocenters. The van der Waals surface area contributed by atoms with Crippen LogP contribution in [0.1, 0.15) is 32.1 Å². The van der Waals surface area contributed by atoms with Gasteiger partial charge in [-0.05, 0) is 12.8 Å². The van der Waals surface area contributed by atoms with Gasteiger partial charge < -0.3 is 5.73 Å². The first-order chi connectivity index (χ1) is 7.58. The van der Waals surface area contributed by atoms with Gasteiger partial charge in [0.25, 0.3) is 10.0 Å². The molecule has 90 valence electrons. The zero-order chi connectivity index (χ0) is 11.6. The molecule has 0 atom stereocenters. The number of aromatic nitrogens is 2. The van der Waals surface area contributed by atoms with Crippen LogP contribution in [0.15, 0.2) is 4.34 Å². The van der Waals surface area contributed by atoms with Crippen molar-refractivity contribution in [1.82, 2.24) is 14.9 Å². The maximum Gasteiger partial charge on any atom is 0.270 e. The molecular weight excluding hydrogens is 248 g/mol. The highest BCUT2D eigenvalue weighted by atomic mass is 32.2. The van der Waals surface area contributed by atoms with Crippen molar-refractivity contribution in [3.05, 3.63) is 0 Å². The normalized spacial score (nSPS) is 18.8. The number of nitrogens with zero attached hydrogens (tertiary/aromatic N) is 2. The van der Waals surface area contributed by atoms with Gasteiger partial charge in [0, 0.05) is 6.04 Å². The molecule has 1 aliphatic rings. The van der Waals surface area contributed by atoms with Gasteiger partial charge >= 0.3 is 0 Å². The van der Waals surface area contributed by atoms with Crippen LogP contribution >= 0.6 is 11.3 Å². The van der Waals surface area contributed by atoms with Crippen LogP contribution < -0.4 is 10.5 Å². The van der Waals surface area contributed by atoms with E-state index in [1.54, 1.807) is 0 Å². The van der Waals surface area contributed by atoms with Gasteiger partial charge in [-0.3, -0.25) is 0 Å². The van der Waals surface area contributed by atoms with Gasteiger partial charge in [-0.25, -0.2) is 13.1 Å². The first kappa shape index (κ1) is 11.7. The van der Waals surface area contributed by atoms with E-state index in [1.165, 1.54) is 6.42 Å². The predicted octanol–water partition coefficient (Wildman–Crippen LogP) is 0.731. The fourth-order valence-electron chi connectivity index (χ4n) is 1.82. The van der Waals surface area contributed by atoms with Crippen LogP contribution in [0.5, 0.6) is 0 Å². The minimum absolute atomic E-state index is 0.0314. The summed E-state index contributed by atoms with van der Waals surface area (Å²) in [5, 5.41) is 7.22. The van der Waals surface area contributed by atoms with Crippen molar-refractivity contribution in [3.63, 3.8) is 0 Å². The van der Waals surface area contributed by atoms with E-state index in [9.17, 15) is 8.42 Å². The third-order valence-corrected chi connectivity index (χ3v) is 5.22. The minimum Gasteiger partial charge on any atom is -0.374 e. The summed E-state index contributed by atoms with van der Waals surface area (Å²) in [5.41, 5.74) is 5.36. The second-order valence-corrected chi connectivity index (χ2v) is 6.76. The molecule has 1 aromatic rings. The smallest absolute Gasteiger partial charge is 0.270 e. The lowest BCUT2D eigenvalue weighted by Crippen LogP contribution is -2.36. The highest BCUT2D eigenvalue weighted by Gasteiger charge is 2.24. The molecule has 0 amide bonds. The van der Waals surface area contributed by atoms with Crippen molar-refractivity contribution >= 4 is 26.5 Å². The Labute approximate surface area is 98.3 Å². The lowest BCUT2D eigenvalue weighted by atomic mass is 9.96.